The summed E-state index contributed by atoms with van der Waals surface area (Å²) in [7, 11) is 1.36. The fourth-order valence-electron chi connectivity index (χ4n) is 5.42. The molecule has 0 N–H and O–H groups in total. The van der Waals surface area contributed by atoms with Crippen molar-refractivity contribution in [2.75, 3.05) is 26.8 Å². The van der Waals surface area contributed by atoms with Gasteiger partial charge in [0.15, 0.2) is 0 Å². The van der Waals surface area contributed by atoms with Gasteiger partial charge in [-0.3, -0.25) is 9.69 Å². The maximum absolute atomic E-state index is 13.8. The molecule has 1 saturated heterocycles. The maximum atomic E-state index is 13.8. The second-order valence-corrected chi connectivity index (χ2v) is 9.27. The number of ether oxygens (including phenoxy) is 3. The van der Waals surface area contributed by atoms with Crippen LogP contribution in [0.5, 0.6) is 11.5 Å². The zero-order valence-electron chi connectivity index (χ0n) is 19.1. The molecule has 2 unspecified atom stereocenters. The highest BCUT2D eigenvalue weighted by Gasteiger charge is 2.38. The zero-order valence-corrected chi connectivity index (χ0v) is 19.1. The minimum atomic E-state index is -4.37. The molecule has 182 valence electrons. The molecule has 2 aromatic carbocycles. The highest BCUT2D eigenvalue weighted by Crippen LogP contribution is 2.44. The highest BCUT2D eigenvalue weighted by molar-refractivity contribution is 5.71. The second-order valence-electron chi connectivity index (χ2n) is 9.27. The number of hydrogen-bond donors (Lipinski definition) is 0. The van der Waals surface area contributed by atoms with Crippen LogP contribution in [0.3, 0.4) is 0 Å². The predicted octanol–water partition coefficient (Wildman–Crippen LogP) is 5.41. The van der Waals surface area contributed by atoms with Crippen LogP contribution in [-0.2, 0) is 28.7 Å². The fraction of sp³-hybridized carbons (Fsp3) is 0.500. The van der Waals surface area contributed by atoms with Gasteiger partial charge in [0.25, 0.3) is 0 Å². The number of carbonyl (C=O) groups excluding carboxylic acids is 1. The molecule has 5 rings (SSSR count). The van der Waals surface area contributed by atoms with Gasteiger partial charge in [0, 0.05) is 24.1 Å². The van der Waals surface area contributed by atoms with Gasteiger partial charge in [-0.2, -0.15) is 13.2 Å². The first-order chi connectivity index (χ1) is 16.3. The highest BCUT2D eigenvalue weighted by atomic mass is 19.4. The molecular formula is C26H28F3NO4. The van der Waals surface area contributed by atoms with Crippen molar-refractivity contribution in [1.29, 1.82) is 0 Å². The number of fused-ring (bicyclic) bond motifs is 2. The largest absolute Gasteiger partial charge is 0.492 e. The lowest BCUT2D eigenvalue weighted by molar-refractivity contribution is -0.141. The molecular weight excluding hydrogens is 447 g/mol. The first-order valence-corrected chi connectivity index (χ1v) is 11.8. The average molecular weight is 476 g/mol. The molecule has 2 aromatic rings. The molecule has 8 heteroatoms. The number of alkyl halides is 3. The van der Waals surface area contributed by atoms with Crippen LogP contribution in [0.15, 0.2) is 30.3 Å². The molecule has 0 radical (unpaired) electrons. The van der Waals surface area contributed by atoms with E-state index in [4.69, 9.17) is 14.2 Å². The van der Waals surface area contributed by atoms with Gasteiger partial charge in [-0.05, 0) is 67.6 Å². The van der Waals surface area contributed by atoms with Crippen molar-refractivity contribution in [2.45, 2.75) is 56.8 Å². The maximum Gasteiger partial charge on any atom is 0.416 e. The van der Waals surface area contributed by atoms with E-state index in [0.717, 1.165) is 42.6 Å². The molecule has 34 heavy (non-hydrogen) atoms. The average Bonchev–Trinajstić information content (AvgIpc) is 3.54. The Bertz CT molecular complexity index is 1080. The summed E-state index contributed by atoms with van der Waals surface area (Å²) in [6.45, 7) is 2.42. The van der Waals surface area contributed by atoms with Crippen LogP contribution in [0.2, 0.25) is 0 Å². The van der Waals surface area contributed by atoms with Crippen LogP contribution in [0.25, 0.3) is 0 Å². The Morgan fingerprint density at radius 1 is 1.15 bits per heavy atom. The summed E-state index contributed by atoms with van der Waals surface area (Å²) in [5, 5.41) is 0. The summed E-state index contributed by atoms with van der Waals surface area (Å²) < 4.78 is 58.2. The monoisotopic (exact) mass is 475 g/mol. The fourth-order valence-corrected chi connectivity index (χ4v) is 5.42. The summed E-state index contributed by atoms with van der Waals surface area (Å²) in [6, 6.07) is 8.34. The third-order valence-corrected chi connectivity index (χ3v) is 7.14. The van der Waals surface area contributed by atoms with Gasteiger partial charge in [-0.15, -0.1) is 0 Å². The van der Waals surface area contributed by atoms with Gasteiger partial charge in [-0.1, -0.05) is 12.1 Å². The van der Waals surface area contributed by atoms with E-state index < -0.39 is 11.7 Å². The van der Waals surface area contributed by atoms with Crippen molar-refractivity contribution >= 4 is 5.97 Å². The van der Waals surface area contributed by atoms with Crippen LogP contribution in [0.1, 0.15) is 65.5 Å². The molecule has 2 atom stereocenters. The molecule has 0 spiro atoms. The van der Waals surface area contributed by atoms with Gasteiger partial charge >= 0.3 is 12.1 Å². The molecule has 0 bridgehead atoms. The Balaban J connectivity index is 1.37. The number of rotatable bonds is 6. The molecule has 0 saturated carbocycles. The molecule has 2 heterocycles. The van der Waals surface area contributed by atoms with E-state index in [2.05, 4.69) is 4.90 Å². The van der Waals surface area contributed by atoms with E-state index in [9.17, 15) is 18.0 Å². The van der Waals surface area contributed by atoms with Gasteiger partial charge in [-0.25, -0.2) is 0 Å². The first-order valence-electron chi connectivity index (χ1n) is 11.8. The zero-order chi connectivity index (χ0) is 23.9. The summed E-state index contributed by atoms with van der Waals surface area (Å²) >= 11 is 0. The van der Waals surface area contributed by atoms with Gasteiger partial charge in [0.1, 0.15) is 17.6 Å². The standard InChI is InChI=1S/C26H28F3NO4/c1-32-25(31)12-16-15-33-24-13-17(4-5-18(16)24)34-23-9-7-19-20(23)6-8-22(26(27,28)29)21(19)14-30-10-2-3-11-30/h4-6,8,13,16,23H,2-3,7,9-12,14-15H2,1H3. The number of benzene rings is 2. The van der Waals surface area contributed by atoms with Crippen LogP contribution in [0, 0.1) is 0 Å². The Labute approximate surface area is 196 Å². The first kappa shape index (κ1) is 23.0. The molecule has 1 fully saturated rings. The minimum absolute atomic E-state index is 0.0577. The van der Waals surface area contributed by atoms with Gasteiger partial charge in [0.05, 0.1) is 25.7 Å². The predicted molar refractivity (Wildman–Crippen MR) is 119 cm³/mol. The Kier molecular flexibility index (Phi) is 6.18. The van der Waals surface area contributed by atoms with E-state index in [1.807, 2.05) is 12.1 Å². The number of carbonyl (C=O) groups is 1. The number of nitrogens with zero attached hydrogens (tertiary/aromatic N) is 1. The molecule has 0 aromatic heterocycles. The summed E-state index contributed by atoms with van der Waals surface area (Å²) in [4.78, 5) is 13.8. The number of hydrogen-bond acceptors (Lipinski definition) is 5. The van der Waals surface area contributed by atoms with Crippen molar-refractivity contribution in [1.82, 2.24) is 4.90 Å². The Morgan fingerprint density at radius 3 is 2.65 bits per heavy atom. The lowest BCUT2D eigenvalue weighted by Crippen LogP contribution is -2.22. The normalized spacial score (nSPS) is 21.8. The number of halogens is 3. The van der Waals surface area contributed by atoms with Crippen molar-refractivity contribution in [3.63, 3.8) is 0 Å². The van der Waals surface area contributed by atoms with Crippen LogP contribution < -0.4 is 9.47 Å². The van der Waals surface area contributed by atoms with Crippen molar-refractivity contribution in [3.8, 4) is 11.5 Å². The van der Waals surface area contributed by atoms with Crippen molar-refractivity contribution in [2.24, 2.45) is 0 Å². The summed E-state index contributed by atoms with van der Waals surface area (Å²) in [5.74, 6) is 0.938. The van der Waals surface area contributed by atoms with Crippen LogP contribution >= 0.6 is 0 Å². The van der Waals surface area contributed by atoms with E-state index in [0.29, 0.717) is 43.1 Å². The number of methoxy groups -OCH3 is 1. The topological polar surface area (TPSA) is 48.0 Å². The van der Waals surface area contributed by atoms with Crippen molar-refractivity contribution in [3.05, 3.63) is 58.1 Å². The van der Waals surface area contributed by atoms with Gasteiger partial charge < -0.3 is 14.2 Å². The lowest BCUT2D eigenvalue weighted by atomic mass is 9.96. The Hall–Kier alpha value is -2.74. The van der Waals surface area contributed by atoms with Crippen LogP contribution in [-0.4, -0.2) is 37.7 Å². The second kappa shape index (κ2) is 9.13. The minimum Gasteiger partial charge on any atom is -0.492 e. The van der Waals surface area contributed by atoms with E-state index in [-0.39, 0.29) is 24.4 Å². The van der Waals surface area contributed by atoms with E-state index in [1.165, 1.54) is 13.2 Å². The summed E-state index contributed by atoms with van der Waals surface area (Å²) in [6.07, 6.45) is -1.17. The number of esters is 1. The number of likely N-dealkylation sites (tertiary alicyclic amines) is 1. The molecule has 5 nitrogen and oxygen atoms in total. The van der Waals surface area contributed by atoms with Crippen molar-refractivity contribution < 1.29 is 32.2 Å². The third kappa shape index (κ3) is 4.48. The molecule has 1 aliphatic carbocycles. The molecule has 3 aliphatic rings. The Morgan fingerprint density at radius 2 is 1.91 bits per heavy atom. The molecule has 2 aliphatic heterocycles. The summed E-state index contributed by atoms with van der Waals surface area (Å²) in [5.41, 5.74) is 2.43. The molecule has 0 amide bonds. The smallest absolute Gasteiger partial charge is 0.416 e. The van der Waals surface area contributed by atoms with Crippen LogP contribution in [0.4, 0.5) is 13.2 Å². The third-order valence-electron chi connectivity index (χ3n) is 7.14. The van der Waals surface area contributed by atoms with E-state index >= 15 is 0 Å². The van der Waals surface area contributed by atoms with E-state index in [1.54, 1.807) is 12.1 Å². The van der Waals surface area contributed by atoms with Gasteiger partial charge in [0.2, 0.25) is 0 Å². The SMILES string of the molecule is COC(=O)CC1COc2cc(OC3CCc4c3ccc(C(F)(F)F)c4CN3CCCC3)ccc21. The lowest BCUT2D eigenvalue weighted by Gasteiger charge is -2.23. The quantitative estimate of drug-likeness (QED) is 0.523.